The standard InChI is InChI=1S/C9H6N2O3/c10-4-5-1-2-6(9(13)14)7(3-5)8(11)12/h1-3H,(H2,11,12)(H,13,14). The van der Waals surface area contributed by atoms with Gasteiger partial charge < -0.3 is 10.8 Å². The quantitative estimate of drug-likeness (QED) is 0.702. The van der Waals surface area contributed by atoms with Gasteiger partial charge in [-0.25, -0.2) is 4.79 Å². The molecule has 0 unspecified atom stereocenters. The Balaban J connectivity index is 3.40. The summed E-state index contributed by atoms with van der Waals surface area (Å²) in [6, 6.07) is 5.44. The normalized spacial score (nSPS) is 9.07. The van der Waals surface area contributed by atoms with Gasteiger partial charge in [-0.1, -0.05) is 0 Å². The van der Waals surface area contributed by atoms with E-state index in [0.717, 1.165) is 6.07 Å². The van der Waals surface area contributed by atoms with Gasteiger partial charge in [-0.2, -0.15) is 5.26 Å². The molecule has 1 aromatic rings. The summed E-state index contributed by atoms with van der Waals surface area (Å²) in [5.74, 6) is -2.11. The van der Waals surface area contributed by atoms with Crippen molar-refractivity contribution >= 4 is 11.9 Å². The summed E-state index contributed by atoms with van der Waals surface area (Å²) < 4.78 is 0. The van der Waals surface area contributed by atoms with Crippen LogP contribution < -0.4 is 5.73 Å². The molecule has 5 nitrogen and oxygen atoms in total. The first-order chi connectivity index (χ1) is 6.56. The Hall–Kier alpha value is -2.35. The van der Waals surface area contributed by atoms with E-state index in [0.29, 0.717) is 0 Å². The minimum Gasteiger partial charge on any atom is -0.478 e. The molecule has 0 aliphatic rings. The molecule has 0 bridgehead atoms. The topological polar surface area (TPSA) is 104 Å². The van der Waals surface area contributed by atoms with Gasteiger partial charge in [-0.05, 0) is 18.2 Å². The molecule has 0 fully saturated rings. The Kier molecular flexibility index (Phi) is 2.49. The number of amides is 1. The summed E-state index contributed by atoms with van der Waals surface area (Å²) in [6.45, 7) is 0. The third kappa shape index (κ3) is 1.69. The number of aromatic carboxylic acids is 1. The van der Waals surface area contributed by atoms with E-state index >= 15 is 0 Å². The predicted octanol–water partition coefficient (Wildman–Crippen LogP) is 0.355. The minimum absolute atomic E-state index is 0.156. The first kappa shape index (κ1) is 9.74. The molecule has 0 radical (unpaired) electrons. The summed E-state index contributed by atoms with van der Waals surface area (Å²) in [7, 11) is 0. The van der Waals surface area contributed by atoms with E-state index in [1.807, 2.05) is 0 Å². The van der Waals surface area contributed by atoms with Crippen molar-refractivity contribution in [3.8, 4) is 6.07 Å². The lowest BCUT2D eigenvalue weighted by atomic mass is 10.0. The van der Waals surface area contributed by atoms with E-state index in [1.165, 1.54) is 12.1 Å². The van der Waals surface area contributed by atoms with E-state index in [9.17, 15) is 9.59 Å². The third-order valence-electron chi connectivity index (χ3n) is 1.64. The number of carbonyl (C=O) groups is 2. The molecule has 3 N–H and O–H groups in total. The molecule has 0 aliphatic carbocycles. The van der Waals surface area contributed by atoms with Crippen LogP contribution in [0.5, 0.6) is 0 Å². The van der Waals surface area contributed by atoms with Gasteiger partial charge in [0.1, 0.15) is 0 Å². The fraction of sp³-hybridized carbons (Fsp3) is 0. The Morgan fingerprint density at radius 1 is 1.36 bits per heavy atom. The first-order valence-electron chi connectivity index (χ1n) is 3.63. The van der Waals surface area contributed by atoms with Gasteiger partial charge in [0.2, 0.25) is 5.91 Å². The summed E-state index contributed by atoms with van der Waals surface area (Å²) >= 11 is 0. The summed E-state index contributed by atoms with van der Waals surface area (Å²) in [6.07, 6.45) is 0. The molecular formula is C9H6N2O3. The molecule has 0 spiro atoms. The summed E-state index contributed by atoms with van der Waals surface area (Å²) in [4.78, 5) is 21.5. The fourth-order valence-electron chi connectivity index (χ4n) is 1.00. The van der Waals surface area contributed by atoms with Crippen molar-refractivity contribution in [3.63, 3.8) is 0 Å². The molecule has 0 saturated heterocycles. The van der Waals surface area contributed by atoms with Gasteiger partial charge in [-0.3, -0.25) is 4.79 Å². The SMILES string of the molecule is N#Cc1ccc(C(=O)O)c(C(N)=O)c1. The van der Waals surface area contributed by atoms with Crippen molar-refractivity contribution in [2.75, 3.05) is 0 Å². The Morgan fingerprint density at radius 3 is 2.43 bits per heavy atom. The fourth-order valence-corrected chi connectivity index (χ4v) is 1.00. The number of nitrogens with two attached hydrogens (primary N) is 1. The maximum Gasteiger partial charge on any atom is 0.336 e. The zero-order valence-electron chi connectivity index (χ0n) is 7.02. The monoisotopic (exact) mass is 190 g/mol. The second-order valence-corrected chi connectivity index (χ2v) is 2.54. The second kappa shape index (κ2) is 3.58. The van der Waals surface area contributed by atoms with E-state index in [1.54, 1.807) is 6.07 Å². The van der Waals surface area contributed by atoms with E-state index < -0.39 is 11.9 Å². The Bertz CT molecular complexity index is 446. The maximum absolute atomic E-state index is 10.8. The molecule has 1 rings (SSSR count). The third-order valence-corrected chi connectivity index (χ3v) is 1.64. The van der Waals surface area contributed by atoms with Crippen LogP contribution in [0.4, 0.5) is 0 Å². The van der Waals surface area contributed by atoms with E-state index in [2.05, 4.69) is 0 Å². The summed E-state index contributed by atoms with van der Waals surface area (Å²) in [5.41, 5.74) is 4.81. The highest BCUT2D eigenvalue weighted by Gasteiger charge is 2.14. The highest BCUT2D eigenvalue weighted by molar-refractivity contribution is 6.04. The lowest BCUT2D eigenvalue weighted by Crippen LogP contribution is -2.16. The van der Waals surface area contributed by atoms with Crippen molar-refractivity contribution in [1.82, 2.24) is 0 Å². The molecule has 0 aromatic heterocycles. The average molecular weight is 190 g/mol. The van der Waals surface area contributed by atoms with Crippen LogP contribution >= 0.6 is 0 Å². The highest BCUT2D eigenvalue weighted by Crippen LogP contribution is 2.11. The summed E-state index contributed by atoms with van der Waals surface area (Å²) in [5, 5.41) is 17.2. The van der Waals surface area contributed by atoms with Crippen molar-refractivity contribution in [1.29, 1.82) is 5.26 Å². The van der Waals surface area contributed by atoms with Crippen LogP contribution in [-0.2, 0) is 0 Å². The van der Waals surface area contributed by atoms with Crippen LogP contribution in [0.2, 0.25) is 0 Å². The number of primary amides is 1. The maximum atomic E-state index is 10.8. The number of hydrogen-bond donors (Lipinski definition) is 2. The van der Waals surface area contributed by atoms with Gasteiger partial charge in [0.05, 0.1) is 22.8 Å². The van der Waals surface area contributed by atoms with Crippen molar-refractivity contribution < 1.29 is 14.7 Å². The van der Waals surface area contributed by atoms with Gasteiger partial charge in [0.25, 0.3) is 0 Å². The smallest absolute Gasteiger partial charge is 0.336 e. The van der Waals surface area contributed by atoms with Gasteiger partial charge >= 0.3 is 5.97 Å². The van der Waals surface area contributed by atoms with Crippen LogP contribution in [-0.4, -0.2) is 17.0 Å². The van der Waals surface area contributed by atoms with Crippen LogP contribution in [0.15, 0.2) is 18.2 Å². The number of carbonyl (C=O) groups excluding carboxylic acids is 1. The number of nitrogens with zero attached hydrogens (tertiary/aromatic N) is 1. The zero-order valence-corrected chi connectivity index (χ0v) is 7.02. The average Bonchev–Trinajstić information content (AvgIpc) is 2.16. The molecule has 0 aliphatic heterocycles. The lowest BCUT2D eigenvalue weighted by Gasteiger charge is -2.01. The van der Waals surface area contributed by atoms with E-state index in [-0.39, 0.29) is 16.7 Å². The molecule has 5 heteroatoms. The predicted molar refractivity (Wildman–Crippen MR) is 46.6 cm³/mol. The van der Waals surface area contributed by atoms with Gasteiger partial charge in [-0.15, -0.1) is 0 Å². The molecule has 0 heterocycles. The lowest BCUT2D eigenvalue weighted by molar-refractivity contribution is 0.0692. The molecule has 0 atom stereocenters. The molecule has 14 heavy (non-hydrogen) atoms. The second-order valence-electron chi connectivity index (χ2n) is 2.54. The van der Waals surface area contributed by atoms with Crippen LogP contribution in [0.3, 0.4) is 0 Å². The van der Waals surface area contributed by atoms with Gasteiger partial charge in [0.15, 0.2) is 0 Å². The molecule has 1 aromatic carbocycles. The minimum atomic E-state index is -1.25. The van der Waals surface area contributed by atoms with Crippen LogP contribution in [0.25, 0.3) is 0 Å². The number of carboxylic acids is 1. The van der Waals surface area contributed by atoms with Crippen LogP contribution in [0.1, 0.15) is 26.3 Å². The largest absolute Gasteiger partial charge is 0.478 e. The number of nitriles is 1. The number of carboxylic acid groups (broad SMARTS) is 1. The van der Waals surface area contributed by atoms with Crippen molar-refractivity contribution in [2.45, 2.75) is 0 Å². The van der Waals surface area contributed by atoms with Crippen LogP contribution in [0, 0.1) is 11.3 Å². The number of benzene rings is 1. The Morgan fingerprint density at radius 2 is 2.00 bits per heavy atom. The Labute approximate surface area is 79.4 Å². The van der Waals surface area contributed by atoms with Crippen molar-refractivity contribution in [2.24, 2.45) is 5.73 Å². The number of rotatable bonds is 2. The van der Waals surface area contributed by atoms with Gasteiger partial charge in [0, 0.05) is 0 Å². The van der Waals surface area contributed by atoms with Crippen molar-refractivity contribution in [3.05, 3.63) is 34.9 Å². The first-order valence-corrected chi connectivity index (χ1v) is 3.63. The molecule has 1 amide bonds. The van der Waals surface area contributed by atoms with E-state index in [4.69, 9.17) is 16.1 Å². The molecular weight excluding hydrogens is 184 g/mol. The molecule has 0 saturated carbocycles. The highest BCUT2D eigenvalue weighted by atomic mass is 16.4. The zero-order chi connectivity index (χ0) is 10.7. The molecule has 70 valence electrons. The number of hydrogen-bond acceptors (Lipinski definition) is 3.